The monoisotopic (exact) mass is 235 g/mol. The Balaban J connectivity index is 2.05. The average Bonchev–Trinajstić information content (AvgIpc) is 2.34. The van der Waals surface area contributed by atoms with E-state index >= 15 is 0 Å². The van der Waals surface area contributed by atoms with Gasteiger partial charge in [0.05, 0.1) is 4.87 Å². The molecule has 0 aliphatic carbocycles. The molecule has 0 aromatic heterocycles. The molecule has 1 N–H and O–H groups in total. The van der Waals surface area contributed by atoms with Crippen LogP contribution in [0.5, 0.6) is 0 Å². The van der Waals surface area contributed by atoms with E-state index in [0.717, 1.165) is 18.9 Å². The van der Waals surface area contributed by atoms with Crippen LogP contribution in [-0.4, -0.2) is 17.2 Å². The van der Waals surface area contributed by atoms with Gasteiger partial charge >= 0.3 is 0 Å². The molecule has 1 fully saturated rings. The summed E-state index contributed by atoms with van der Waals surface area (Å²) in [7, 11) is 0. The Labute approximate surface area is 103 Å². The maximum absolute atomic E-state index is 3.74. The Bertz CT molecular complexity index is 315. The first-order valence-electron chi connectivity index (χ1n) is 6.17. The fraction of sp³-hybridized carbons (Fsp3) is 0.571. The number of thioether (sulfide) groups is 1. The summed E-state index contributed by atoms with van der Waals surface area (Å²) >= 11 is 2.10. The summed E-state index contributed by atoms with van der Waals surface area (Å²) < 4.78 is 0. The summed E-state index contributed by atoms with van der Waals surface area (Å²) in [5, 5.41) is 3.74. The lowest BCUT2D eigenvalue weighted by atomic mass is 10.0. The van der Waals surface area contributed by atoms with Crippen molar-refractivity contribution in [1.82, 2.24) is 5.32 Å². The van der Waals surface area contributed by atoms with Crippen molar-refractivity contribution in [2.45, 2.75) is 31.6 Å². The number of hydrogen-bond donors (Lipinski definition) is 1. The second-order valence-electron chi connectivity index (χ2n) is 4.81. The van der Waals surface area contributed by atoms with Crippen LogP contribution in [0.25, 0.3) is 0 Å². The molecule has 0 bridgehead atoms. The summed E-state index contributed by atoms with van der Waals surface area (Å²) in [4.78, 5) is 0.272. The first-order valence-corrected chi connectivity index (χ1v) is 7.15. The van der Waals surface area contributed by atoms with Gasteiger partial charge in [0.2, 0.25) is 0 Å². The van der Waals surface area contributed by atoms with Crippen molar-refractivity contribution < 1.29 is 0 Å². The second kappa shape index (κ2) is 5.24. The standard InChI is InChI=1S/C14H21NS/c1-3-14(15-10-12(2)11-16-14)9-13-7-5-4-6-8-13/h4-8,12,15H,3,9-11H2,1-2H3. The molecule has 1 aromatic carbocycles. The molecular formula is C14H21NS. The second-order valence-corrected chi connectivity index (χ2v) is 6.21. The third-order valence-electron chi connectivity index (χ3n) is 3.32. The van der Waals surface area contributed by atoms with E-state index in [1.807, 2.05) is 0 Å². The number of hydrogen-bond acceptors (Lipinski definition) is 2. The molecule has 2 heteroatoms. The normalized spacial score (nSPS) is 30.2. The van der Waals surface area contributed by atoms with Crippen LogP contribution in [0.3, 0.4) is 0 Å². The van der Waals surface area contributed by atoms with E-state index in [-0.39, 0.29) is 4.87 Å². The Morgan fingerprint density at radius 1 is 1.38 bits per heavy atom. The molecule has 2 unspecified atom stereocenters. The first-order chi connectivity index (χ1) is 7.74. The Morgan fingerprint density at radius 2 is 2.12 bits per heavy atom. The minimum Gasteiger partial charge on any atom is -0.302 e. The Hall–Kier alpha value is -0.470. The van der Waals surface area contributed by atoms with Gasteiger partial charge in [0.15, 0.2) is 0 Å². The lowest BCUT2D eigenvalue weighted by Gasteiger charge is -2.39. The van der Waals surface area contributed by atoms with Gasteiger partial charge in [0.25, 0.3) is 0 Å². The molecule has 16 heavy (non-hydrogen) atoms. The van der Waals surface area contributed by atoms with Crippen molar-refractivity contribution in [3.05, 3.63) is 35.9 Å². The van der Waals surface area contributed by atoms with Gasteiger partial charge < -0.3 is 5.32 Å². The van der Waals surface area contributed by atoms with Crippen LogP contribution < -0.4 is 5.32 Å². The molecule has 0 spiro atoms. The SMILES string of the molecule is CCC1(Cc2ccccc2)NCC(C)CS1. The smallest absolute Gasteiger partial charge is 0.0683 e. The van der Waals surface area contributed by atoms with E-state index in [4.69, 9.17) is 0 Å². The van der Waals surface area contributed by atoms with Gasteiger partial charge in [-0.3, -0.25) is 0 Å². The lowest BCUT2D eigenvalue weighted by Crippen LogP contribution is -2.49. The van der Waals surface area contributed by atoms with Crippen LogP contribution in [0.1, 0.15) is 25.8 Å². The molecule has 0 saturated carbocycles. The predicted molar refractivity (Wildman–Crippen MR) is 72.8 cm³/mol. The summed E-state index contributed by atoms with van der Waals surface area (Å²) in [5.41, 5.74) is 1.44. The van der Waals surface area contributed by atoms with Gasteiger partial charge in [0.1, 0.15) is 0 Å². The highest BCUT2D eigenvalue weighted by atomic mass is 32.2. The van der Waals surface area contributed by atoms with E-state index < -0.39 is 0 Å². The molecule has 2 atom stereocenters. The molecule has 1 saturated heterocycles. The van der Waals surface area contributed by atoms with E-state index in [9.17, 15) is 0 Å². The zero-order chi connectivity index (χ0) is 11.4. The largest absolute Gasteiger partial charge is 0.302 e. The highest BCUT2D eigenvalue weighted by Crippen LogP contribution is 2.34. The van der Waals surface area contributed by atoms with Gasteiger partial charge in [-0.2, -0.15) is 0 Å². The predicted octanol–water partition coefficient (Wildman–Crippen LogP) is 3.31. The highest BCUT2D eigenvalue weighted by molar-refractivity contribution is 8.00. The minimum atomic E-state index is 0.272. The first kappa shape index (κ1) is 12.0. The van der Waals surface area contributed by atoms with Crippen LogP contribution >= 0.6 is 11.8 Å². The molecular weight excluding hydrogens is 214 g/mol. The van der Waals surface area contributed by atoms with Crippen LogP contribution in [-0.2, 0) is 6.42 Å². The van der Waals surface area contributed by atoms with Crippen molar-refractivity contribution in [3.63, 3.8) is 0 Å². The summed E-state index contributed by atoms with van der Waals surface area (Å²) in [6.45, 7) is 5.77. The summed E-state index contributed by atoms with van der Waals surface area (Å²) in [6, 6.07) is 10.8. The molecule has 1 aromatic rings. The zero-order valence-electron chi connectivity index (χ0n) is 10.2. The minimum absolute atomic E-state index is 0.272. The van der Waals surface area contributed by atoms with Gasteiger partial charge in [-0.05, 0) is 36.6 Å². The Morgan fingerprint density at radius 3 is 2.69 bits per heavy atom. The van der Waals surface area contributed by atoms with E-state index in [2.05, 4.69) is 61.3 Å². The molecule has 1 aliphatic rings. The average molecular weight is 235 g/mol. The third kappa shape index (κ3) is 2.80. The number of rotatable bonds is 3. The van der Waals surface area contributed by atoms with Crippen LogP contribution in [0, 0.1) is 5.92 Å². The summed E-state index contributed by atoms with van der Waals surface area (Å²) in [6.07, 6.45) is 2.33. The fourth-order valence-electron chi connectivity index (χ4n) is 2.16. The van der Waals surface area contributed by atoms with Gasteiger partial charge in [0, 0.05) is 0 Å². The topological polar surface area (TPSA) is 12.0 Å². The molecule has 1 aliphatic heterocycles. The zero-order valence-corrected chi connectivity index (χ0v) is 11.0. The van der Waals surface area contributed by atoms with E-state index in [0.29, 0.717) is 0 Å². The van der Waals surface area contributed by atoms with Crippen molar-refractivity contribution in [3.8, 4) is 0 Å². The number of benzene rings is 1. The van der Waals surface area contributed by atoms with Crippen LogP contribution in [0.15, 0.2) is 30.3 Å². The van der Waals surface area contributed by atoms with Gasteiger partial charge in [-0.15, -0.1) is 11.8 Å². The fourth-order valence-corrected chi connectivity index (χ4v) is 3.54. The Kier molecular flexibility index (Phi) is 3.93. The van der Waals surface area contributed by atoms with Crippen LogP contribution in [0.4, 0.5) is 0 Å². The van der Waals surface area contributed by atoms with Crippen LogP contribution in [0.2, 0.25) is 0 Å². The third-order valence-corrected chi connectivity index (χ3v) is 5.19. The quantitative estimate of drug-likeness (QED) is 0.862. The molecule has 2 rings (SSSR count). The molecule has 1 nitrogen and oxygen atoms in total. The molecule has 0 amide bonds. The maximum Gasteiger partial charge on any atom is 0.0683 e. The van der Waals surface area contributed by atoms with Crippen molar-refractivity contribution in [1.29, 1.82) is 0 Å². The van der Waals surface area contributed by atoms with Gasteiger partial charge in [-0.25, -0.2) is 0 Å². The van der Waals surface area contributed by atoms with Gasteiger partial charge in [-0.1, -0.05) is 44.2 Å². The lowest BCUT2D eigenvalue weighted by molar-refractivity contribution is 0.396. The summed E-state index contributed by atoms with van der Waals surface area (Å²) in [5.74, 6) is 2.09. The highest BCUT2D eigenvalue weighted by Gasteiger charge is 2.32. The molecule has 88 valence electrons. The maximum atomic E-state index is 3.74. The van der Waals surface area contributed by atoms with E-state index in [1.165, 1.54) is 17.7 Å². The van der Waals surface area contributed by atoms with Crippen molar-refractivity contribution in [2.24, 2.45) is 5.92 Å². The van der Waals surface area contributed by atoms with Crippen molar-refractivity contribution >= 4 is 11.8 Å². The van der Waals surface area contributed by atoms with Crippen molar-refractivity contribution in [2.75, 3.05) is 12.3 Å². The number of nitrogens with one attached hydrogen (secondary N) is 1. The van der Waals surface area contributed by atoms with E-state index in [1.54, 1.807) is 0 Å². The molecule has 0 radical (unpaired) electrons. The molecule has 1 heterocycles.